The van der Waals surface area contributed by atoms with E-state index in [0.717, 1.165) is 5.56 Å². The Morgan fingerprint density at radius 3 is 2.68 bits per heavy atom. The molecule has 1 heterocycles. The summed E-state index contributed by atoms with van der Waals surface area (Å²) >= 11 is 0. The van der Waals surface area contributed by atoms with Crippen LogP contribution < -0.4 is 5.32 Å². The van der Waals surface area contributed by atoms with E-state index in [1.165, 1.54) is 19.8 Å². The van der Waals surface area contributed by atoms with Gasteiger partial charge >= 0.3 is 0 Å². The number of aromatic nitrogens is 2. The van der Waals surface area contributed by atoms with Crippen LogP contribution in [0.4, 0.5) is 5.69 Å². The molecule has 0 bridgehead atoms. The second-order valence-electron chi connectivity index (χ2n) is 6.69. The summed E-state index contributed by atoms with van der Waals surface area (Å²) in [7, 11) is 0. The summed E-state index contributed by atoms with van der Waals surface area (Å²) < 4.78 is 1.57. The van der Waals surface area contributed by atoms with Crippen LogP contribution in [0.5, 0.6) is 0 Å². The fourth-order valence-corrected chi connectivity index (χ4v) is 3.02. The minimum Gasteiger partial charge on any atom is -0.334 e. The lowest BCUT2D eigenvalue weighted by Gasteiger charge is -2.29. The Bertz CT molecular complexity index is 737. The molecule has 1 aliphatic carbocycles. The minimum absolute atomic E-state index is 0.0423. The van der Waals surface area contributed by atoms with Gasteiger partial charge in [0.1, 0.15) is 6.54 Å². The molecule has 0 spiro atoms. The molecule has 25 heavy (non-hydrogen) atoms. The maximum Gasteiger partial charge on any atom is 0.244 e. The molecular weight excluding hydrogens is 316 g/mol. The molecular formula is C19H24N4O2. The van der Waals surface area contributed by atoms with Crippen LogP contribution >= 0.6 is 0 Å². The number of carbonyl (C=O) groups excluding carboxylic acids is 2. The third-order valence-electron chi connectivity index (χ3n) is 4.56. The molecule has 1 fully saturated rings. The molecule has 0 radical (unpaired) electrons. The van der Waals surface area contributed by atoms with E-state index in [2.05, 4.69) is 17.3 Å². The largest absolute Gasteiger partial charge is 0.334 e. The maximum atomic E-state index is 12.9. The summed E-state index contributed by atoms with van der Waals surface area (Å²) in [6.45, 7) is 4.35. The Morgan fingerprint density at radius 2 is 2.04 bits per heavy atom. The van der Waals surface area contributed by atoms with Crippen molar-refractivity contribution in [1.29, 1.82) is 0 Å². The molecule has 0 saturated heterocycles. The Hall–Kier alpha value is -2.63. The predicted molar refractivity (Wildman–Crippen MR) is 95.7 cm³/mol. The molecule has 6 heteroatoms. The maximum absolute atomic E-state index is 12.9. The highest BCUT2D eigenvalue weighted by Crippen LogP contribution is 2.35. The van der Waals surface area contributed by atoms with Gasteiger partial charge in [-0.05, 0) is 31.2 Å². The number of hydrogen-bond donors (Lipinski definition) is 1. The quantitative estimate of drug-likeness (QED) is 0.842. The smallest absolute Gasteiger partial charge is 0.244 e. The zero-order valence-corrected chi connectivity index (χ0v) is 14.7. The first-order valence-corrected chi connectivity index (χ1v) is 8.66. The molecule has 1 saturated carbocycles. The first-order chi connectivity index (χ1) is 12.0. The van der Waals surface area contributed by atoms with E-state index >= 15 is 0 Å². The van der Waals surface area contributed by atoms with Crippen molar-refractivity contribution in [3.8, 4) is 0 Å². The molecule has 1 unspecified atom stereocenters. The number of hydrogen-bond acceptors (Lipinski definition) is 3. The van der Waals surface area contributed by atoms with E-state index in [1.807, 2.05) is 35.2 Å². The number of benzene rings is 1. The van der Waals surface area contributed by atoms with E-state index < -0.39 is 0 Å². The molecule has 2 aromatic rings. The van der Waals surface area contributed by atoms with Gasteiger partial charge in [-0.2, -0.15) is 5.10 Å². The van der Waals surface area contributed by atoms with E-state index in [1.54, 1.807) is 17.1 Å². The van der Waals surface area contributed by atoms with E-state index in [0.29, 0.717) is 18.2 Å². The third kappa shape index (κ3) is 4.68. The van der Waals surface area contributed by atoms with Gasteiger partial charge in [0, 0.05) is 25.7 Å². The van der Waals surface area contributed by atoms with Crippen LogP contribution in [0.15, 0.2) is 42.7 Å². The van der Waals surface area contributed by atoms with Gasteiger partial charge in [-0.1, -0.05) is 30.3 Å². The average Bonchev–Trinajstić information content (AvgIpc) is 3.35. The van der Waals surface area contributed by atoms with Crippen molar-refractivity contribution in [2.75, 3.05) is 5.32 Å². The molecule has 2 amide bonds. The lowest BCUT2D eigenvalue weighted by Crippen LogP contribution is -2.41. The molecule has 1 atom stereocenters. The van der Waals surface area contributed by atoms with Gasteiger partial charge in [0.05, 0.1) is 11.9 Å². The van der Waals surface area contributed by atoms with Crippen molar-refractivity contribution in [2.24, 2.45) is 5.92 Å². The normalized spacial score (nSPS) is 14.8. The van der Waals surface area contributed by atoms with Crippen molar-refractivity contribution in [1.82, 2.24) is 14.7 Å². The van der Waals surface area contributed by atoms with Crippen LogP contribution in [-0.2, 0) is 22.7 Å². The van der Waals surface area contributed by atoms with Crippen LogP contribution in [0.2, 0.25) is 0 Å². The number of rotatable bonds is 7. The zero-order chi connectivity index (χ0) is 17.8. The molecule has 0 aliphatic heterocycles. The van der Waals surface area contributed by atoms with Crippen molar-refractivity contribution in [3.63, 3.8) is 0 Å². The van der Waals surface area contributed by atoms with Gasteiger partial charge < -0.3 is 10.2 Å². The Kier molecular flexibility index (Phi) is 5.16. The van der Waals surface area contributed by atoms with Crippen molar-refractivity contribution < 1.29 is 9.59 Å². The number of nitrogens with one attached hydrogen (secondary N) is 1. The number of anilines is 1. The summed E-state index contributed by atoms with van der Waals surface area (Å²) in [6, 6.07) is 10.3. The highest BCUT2D eigenvalue weighted by Gasteiger charge is 2.34. The van der Waals surface area contributed by atoms with E-state index in [-0.39, 0.29) is 24.4 Å². The van der Waals surface area contributed by atoms with E-state index in [4.69, 9.17) is 0 Å². The summed E-state index contributed by atoms with van der Waals surface area (Å²) in [5, 5.41) is 6.84. The van der Waals surface area contributed by atoms with Crippen LogP contribution in [0.1, 0.15) is 32.3 Å². The second-order valence-corrected chi connectivity index (χ2v) is 6.69. The molecule has 132 valence electrons. The topological polar surface area (TPSA) is 67.2 Å². The Labute approximate surface area is 147 Å². The molecule has 1 aromatic carbocycles. The van der Waals surface area contributed by atoms with Crippen molar-refractivity contribution in [3.05, 3.63) is 48.3 Å². The molecule has 1 aliphatic rings. The monoisotopic (exact) mass is 340 g/mol. The Morgan fingerprint density at radius 1 is 1.32 bits per heavy atom. The lowest BCUT2D eigenvalue weighted by atomic mass is 10.1. The van der Waals surface area contributed by atoms with Crippen molar-refractivity contribution in [2.45, 2.75) is 45.8 Å². The molecule has 1 aromatic heterocycles. The van der Waals surface area contributed by atoms with Gasteiger partial charge in [0.25, 0.3) is 0 Å². The first-order valence-electron chi connectivity index (χ1n) is 8.66. The van der Waals surface area contributed by atoms with Crippen molar-refractivity contribution >= 4 is 17.5 Å². The van der Waals surface area contributed by atoms with E-state index in [9.17, 15) is 9.59 Å². The van der Waals surface area contributed by atoms with Crippen LogP contribution in [-0.4, -0.2) is 32.5 Å². The van der Waals surface area contributed by atoms with Crippen LogP contribution in [0, 0.1) is 5.92 Å². The first kappa shape index (κ1) is 17.2. The molecule has 6 nitrogen and oxygen atoms in total. The summed E-state index contributed by atoms with van der Waals surface area (Å²) in [5.41, 5.74) is 1.73. The number of amides is 2. The van der Waals surface area contributed by atoms with Crippen LogP contribution in [0.3, 0.4) is 0 Å². The number of carbonyl (C=O) groups is 2. The van der Waals surface area contributed by atoms with Gasteiger partial charge in [-0.3, -0.25) is 14.3 Å². The third-order valence-corrected chi connectivity index (χ3v) is 4.56. The molecule has 1 N–H and O–H groups in total. The Balaban J connectivity index is 1.70. The average molecular weight is 340 g/mol. The van der Waals surface area contributed by atoms with Gasteiger partial charge in [0.15, 0.2) is 0 Å². The highest BCUT2D eigenvalue weighted by atomic mass is 16.2. The number of nitrogens with zero attached hydrogens (tertiary/aromatic N) is 3. The summed E-state index contributed by atoms with van der Waals surface area (Å²) in [5.74, 6) is 0.486. The fraction of sp³-hybridized carbons (Fsp3) is 0.421. The summed E-state index contributed by atoms with van der Waals surface area (Å²) in [6.07, 6.45) is 5.62. The fourth-order valence-electron chi connectivity index (χ4n) is 3.02. The molecule has 3 rings (SSSR count). The SMILES string of the molecule is CC(=O)Nc1cnn(CC(=O)N(Cc2ccccc2)C(C)C2CC2)c1. The van der Waals surface area contributed by atoms with Gasteiger partial charge in [-0.25, -0.2) is 0 Å². The van der Waals surface area contributed by atoms with Gasteiger partial charge in [0.2, 0.25) is 11.8 Å². The highest BCUT2D eigenvalue weighted by molar-refractivity contribution is 5.88. The standard InChI is InChI=1S/C19H24N4O2/c1-14(17-8-9-17)23(11-16-6-4-3-5-7-16)19(25)13-22-12-18(10-20-22)21-15(2)24/h3-7,10,12,14,17H,8-9,11,13H2,1-2H3,(H,21,24). The van der Waals surface area contributed by atoms with Crippen LogP contribution in [0.25, 0.3) is 0 Å². The summed E-state index contributed by atoms with van der Waals surface area (Å²) in [4.78, 5) is 26.0. The second kappa shape index (κ2) is 7.51. The predicted octanol–water partition coefficient (Wildman–Crippen LogP) is 2.67. The van der Waals surface area contributed by atoms with Gasteiger partial charge in [-0.15, -0.1) is 0 Å². The minimum atomic E-state index is -0.154. The lowest BCUT2D eigenvalue weighted by molar-refractivity contribution is -0.135. The zero-order valence-electron chi connectivity index (χ0n) is 14.7.